The van der Waals surface area contributed by atoms with Gasteiger partial charge in [-0.15, -0.1) is 0 Å². The molecule has 0 bridgehead atoms. The maximum absolute atomic E-state index is 11.4. The maximum atomic E-state index is 11.4. The topological polar surface area (TPSA) is 33.2 Å². The number of carbonyl (C=O) groups is 1. The van der Waals surface area contributed by atoms with E-state index < -0.39 is 0 Å². The average molecular weight is 246 g/mol. The molecule has 3 heteroatoms. The molecule has 1 aromatic rings. The highest BCUT2D eigenvalue weighted by atomic mass is 16.1. The smallest absolute Gasteiger partial charge is 0.159 e. The molecule has 3 nitrogen and oxygen atoms in total. The van der Waals surface area contributed by atoms with Gasteiger partial charge in [-0.1, -0.05) is 20.8 Å². The number of hydrogen-bond donors (Lipinski definition) is 0. The minimum Gasteiger partial charge on any atom is -0.356 e. The van der Waals surface area contributed by atoms with Crippen molar-refractivity contribution in [2.45, 2.75) is 34.1 Å². The minimum atomic E-state index is 0.102. The van der Waals surface area contributed by atoms with Gasteiger partial charge in [0.05, 0.1) is 0 Å². The van der Waals surface area contributed by atoms with Crippen LogP contribution in [-0.2, 0) is 0 Å². The van der Waals surface area contributed by atoms with Crippen LogP contribution < -0.4 is 4.90 Å². The number of Topliss-reactive ketones (excluding diaryl/α,β-unsaturated/α-hetero) is 1. The Morgan fingerprint density at radius 3 is 2.72 bits per heavy atom. The van der Waals surface area contributed by atoms with Crippen LogP contribution in [0.2, 0.25) is 0 Å². The van der Waals surface area contributed by atoms with Gasteiger partial charge in [-0.25, -0.2) is 4.98 Å². The third kappa shape index (κ3) is 2.71. The van der Waals surface area contributed by atoms with Gasteiger partial charge >= 0.3 is 0 Å². The number of pyridine rings is 1. The largest absolute Gasteiger partial charge is 0.356 e. The number of aromatic nitrogens is 1. The summed E-state index contributed by atoms with van der Waals surface area (Å²) in [5, 5.41) is 0. The van der Waals surface area contributed by atoms with Crippen LogP contribution in [0.3, 0.4) is 0 Å². The van der Waals surface area contributed by atoms with Crippen LogP contribution in [0.4, 0.5) is 5.82 Å². The number of anilines is 1. The highest BCUT2D eigenvalue weighted by molar-refractivity contribution is 5.94. The van der Waals surface area contributed by atoms with Crippen molar-refractivity contribution in [1.29, 1.82) is 0 Å². The fourth-order valence-electron chi connectivity index (χ4n) is 2.49. The molecule has 0 N–H and O–H groups in total. The molecule has 1 fully saturated rings. The summed E-state index contributed by atoms with van der Waals surface area (Å²) in [4.78, 5) is 18.1. The Morgan fingerprint density at radius 2 is 2.17 bits per heavy atom. The van der Waals surface area contributed by atoms with Crippen molar-refractivity contribution < 1.29 is 4.79 Å². The molecule has 0 saturated carbocycles. The summed E-state index contributed by atoms with van der Waals surface area (Å²) in [7, 11) is 0. The van der Waals surface area contributed by atoms with Crippen LogP contribution in [0.5, 0.6) is 0 Å². The van der Waals surface area contributed by atoms with E-state index in [0.29, 0.717) is 11.3 Å². The second-order valence-electron chi connectivity index (χ2n) is 6.26. The average Bonchev–Trinajstić information content (AvgIpc) is 2.78. The number of hydrogen-bond acceptors (Lipinski definition) is 3. The monoisotopic (exact) mass is 246 g/mol. The van der Waals surface area contributed by atoms with Crippen molar-refractivity contribution in [3.8, 4) is 0 Å². The Kier molecular flexibility index (Phi) is 3.42. The first-order valence-corrected chi connectivity index (χ1v) is 6.60. The van der Waals surface area contributed by atoms with E-state index in [1.165, 1.54) is 6.42 Å². The van der Waals surface area contributed by atoms with Crippen molar-refractivity contribution in [2.24, 2.45) is 11.3 Å². The Bertz CT molecular complexity index is 448. The van der Waals surface area contributed by atoms with Crippen LogP contribution >= 0.6 is 0 Å². The quantitative estimate of drug-likeness (QED) is 0.752. The fraction of sp³-hybridized carbons (Fsp3) is 0.600. The molecule has 1 aliphatic heterocycles. The van der Waals surface area contributed by atoms with E-state index in [4.69, 9.17) is 0 Å². The van der Waals surface area contributed by atoms with Gasteiger partial charge in [0.1, 0.15) is 5.82 Å². The Labute approximate surface area is 109 Å². The predicted molar refractivity (Wildman–Crippen MR) is 74.0 cm³/mol. The maximum Gasteiger partial charge on any atom is 0.159 e. The summed E-state index contributed by atoms with van der Waals surface area (Å²) in [5.74, 6) is 1.74. The molecule has 98 valence electrons. The molecule has 2 heterocycles. The van der Waals surface area contributed by atoms with Crippen molar-refractivity contribution in [3.63, 3.8) is 0 Å². The van der Waals surface area contributed by atoms with Crippen LogP contribution in [0.1, 0.15) is 44.5 Å². The van der Waals surface area contributed by atoms with Gasteiger partial charge < -0.3 is 4.90 Å². The zero-order valence-electron chi connectivity index (χ0n) is 11.7. The summed E-state index contributed by atoms with van der Waals surface area (Å²) in [5.41, 5.74) is 1.09. The molecule has 1 saturated heterocycles. The van der Waals surface area contributed by atoms with E-state index in [2.05, 4.69) is 30.7 Å². The number of carbonyl (C=O) groups excluding carboxylic acids is 1. The molecule has 1 aromatic heterocycles. The number of ketones is 1. The molecule has 18 heavy (non-hydrogen) atoms. The van der Waals surface area contributed by atoms with Gasteiger partial charge in [0.2, 0.25) is 0 Å². The highest BCUT2D eigenvalue weighted by Crippen LogP contribution is 2.35. The summed E-state index contributed by atoms with van der Waals surface area (Å²) >= 11 is 0. The molecule has 2 rings (SSSR count). The van der Waals surface area contributed by atoms with Gasteiger partial charge in [-0.05, 0) is 36.8 Å². The third-order valence-electron chi connectivity index (χ3n) is 3.89. The Morgan fingerprint density at radius 1 is 1.44 bits per heavy atom. The lowest BCUT2D eigenvalue weighted by atomic mass is 9.80. The molecule has 0 aliphatic carbocycles. The second kappa shape index (κ2) is 4.71. The summed E-state index contributed by atoms with van der Waals surface area (Å²) in [6.07, 6.45) is 2.94. The lowest BCUT2D eigenvalue weighted by Gasteiger charge is -2.27. The van der Waals surface area contributed by atoms with E-state index >= 15 is 0 Å². The minimum absolute atomic E-state index is 0.102. The fourth-order valence-corrected chi connectivity index (χ4v) is 2.49. The van der Waals surface area contributed by atoms with Crippen molar-refractivity contribution in [2.75, 3.05) is 18.0 Å². The molecule has 0 amide bonds. The summed E-state index contributed by atoms with van der Waals surface area (Å²) in [6.45, 7) is 10.6. The highest BCUT2D eigenvalue weighted by Gasteiger charge is 2.32. The molecule has 1 atom stereocenters. The van der Waals surface area contributed by atoms with Crippen LogP contribution in [0.25, 0.3) is 0 Å². The van der Waals surface area contributed by atoms with E-state index in [1.54, 1.807) is 19.2 Å². The van der Waals surface area contributed by atoms with Crippen LogP contribution in [-0.4, -0.2) is 23.9 Å². The lowest BCUT2D eigenvalue weighted by Crippen LogP contribution is -2.26. The first-order valence-electron chi connectivity index (χ1n) is 6.60. The van der Waals surface area contributed by atoms with Crippen molar-refractivity contribution in [3.05, 3.63) is 23.9 Å². The zero-order valence-corrected chi connectivity index (χ0v) is 11.7. The van der Waals surface area contributed by atoms with Gasteiger partial charge in [0.25, 0.3) is 0 Å². The number of rotatable bonds is 2. The molecule has 0 aromatic carbocycles. The summed E-state index contributed by atoms with van der Waals surface area (Å²) in [6, 6.07) is 3.69. The van der Waals surface area contributed by atoms with E-state index in [0.717, 1.165) is 24.5 Å². The standard InChI is InChI=1S/C15H22N2O/c1-11(18)12-5-7-16-14(9-12)17-8-6-13(10-17)15(2,3)4/h5,7,9,13H,6,8,10H2,1-4H3. The van der Waals surface area contributed by atoms with Crippen molar-refractivity contribution >= 4 is 11.6 Å². The van der Waals surface area contributed by atoms with Gasteiger partial charge in [-0.2, -0.15) is 0 Å². The SMILES string of the molecule is CC(=O)c1ccnc(N2CCC(C(C)(C)C)C2)c1. The summed E-state index contributed by atoms with van der Waals surface area (Å²) < 4.78 is 0. The normalized spacial score (nSPS) is 20.2. The predicted octanol–water partition coefficient (Wildman–Crippen LogP) is 3.16. The first-order chi connectivity index (χ1) is 8.38. The van der Waals surface area contributed by atoms with Gasteiger partial charge in [0.15, 0.2) is 5.78 Å². The molecule has 1 unspecified atom stereocenters. The second-order valence-corrected chi connectivity index (χ2v) is 6.26. The zero-order chi connectivity index (χ0) is 13.3. The molecule has 0 spiro atoms. The van der Waals surface area contributed by atoms with E-state index in [9.17, 15) is 4.79 Å². The number of nitrogens with zero attached hydrogens (tertiary/aromatic N) is 2. The molecule has 0 radical (unpaired) electrons. The van der Waals surface area contributed by atoms with Crippen LogP contribution in [0.15, 0.2) is 18.3 Å². The Balaban J connectivity index is 2.14. The molecular formula is C15H22N2O. The molecule has 1 aliphatic rings. The van der Waals surface area contributed by atoms with Gasteiger partial charge in [-0.3, -0.25) is 4.79 Å². The third-order valence-corrected chi connectivity index (χ3v) is 3.89. The lowest BCUT2D eigenvalue weighted by molar-refractivity contribution is 0.101. The van der Waals surface area contributed by atoms with E-state index in [-0.39, 0.29) is 5.78 Å². The Hall–Kier alpha value is -1.38. The van der Waals surface area contributed by atoms with Crippen LogP contribution in [0, 0.1) is 11.3 Å². The van der Waals surface area contributed by atoms with Gasteiger partial charge in [0, 0.05) is 24.8 Å². The van der Waals surface area contributed by atoms with Crippen molar-refractivity contribution in [1.82, 2.24) is 4.98 Å². The van der Waals surface area contributed by atoms with E-state index in [1.807, 2.05) is 6.07 Å². The molecular weight excluding hydrogens is 224 g/mol. The first kappa shape index (κ1) is 13.1.